The molecule has 0 amide bonds. The third-order valence-electron chi connectivity index (χ3n) is 19.6. The first-order valence-corrected chi connectivity index (χ1v) is 37.3. The van der Waals surface area contributed by atoms with Gasteiger partial charge < -0.3 is 45.5 Å². The Balaban J connectivity index is 0.000000108. The molecule has 5 aliphatic heterocycles. The smallest absolute Gasteiger partial charge is 0.189 e. The number of benzene rings is 1. The minimum atomic E-state index is 0.283. The molecule has 486 valence electrons. The van der Waals surface area contributed by atoms with E-state index in [9.17, 15) is 0 Å². The van der Waals surface area contributed by atoms with E-state index in [-0.39, 0.29) is 5.54 Å². The summed E-state index contributed by atoms with van der Waals surface area (Å²) in [6.07, 6.45) is 28.6. The number of piperidine rings is 3. The molecule has 1 aromatic carbocycles. The zero-order valence-corrected chi connectivity index (χ0v) is 58.3. The van der Waals surface area contributed by atoms with Gasteiger partial charge in [0.05, 0.1) is 40.9 Å². The molecule has 1 spiro atoms. The highest BCUT2D eigenvalue weighted by atomic mass is 32.1. The number of aryl methyl sites for hydroxylation is 1. The largest absolute Gasteiger partial charge is 0.383 e. The number of aromatic nitrogens is 16. The van der Waals surface area contributed by atoms with Crippen molar-refractivity contribution < 1.29 is 0 Å². The van der Waals surface area contributed by atoms with E-state index < -0.39 is 0 Å². The molecule has 5 aliphatic rings. The second-order valence-electron chi connectivity index (χ2n) is 25.8. The van der Waals surface area contributed by atoms with Crippen molar-refractivity contribution in [1.82, 2.24) is 95.5 Å². The molecule has 0 aliphatic carbocycles. The SMILES string of the molecule is CN1CCCC2(CCN2c2nc3sc(-c4ncc(-c5cn[nH]c5)c5c4NCC5)nc3s2)C1.C[C@H]1C[C@@H](N(C)c2nc3sc(-c4ccc(-c5cn[nH]c5)c5cc[nH]c45)nc3s2)CCN1.C[C@H]1C[C@@H](N(C)c2nc3sc(-c4ncc(-c5cnn(C)c5)c5cc[nH]c45)nc3s2)CCN1. The molecular weight excluding hydrogens is 1310 g/mol. The maximum Gasteiger partial charge on any atom is 0.189 e. The van der Waals surface area contributed by atoms with Crippen molar-refractivity contribution in [2.24, 2.45) is 7.05 Å². The molecule has 0 saturated carbocycles. The highest BCUT2D eigenvalue weighted by Gasteiger charge is 2.48. The number of nitrogens with zero attached hydrogens (tertiary/aromatic N) is 16. The summed E-state index contributed by atoms with van der Waals surface area (Å²) in [6, 6.07) is 10.7. The molecule has 14 aromatic rings. The van der Waals surface area contributed by atoms with Gasteiger partial charge in [0.15, 0.2) is 44.4 Å². The molecule has 1 unspecified atom stereocenters. The Morgan fingerprint density at radius 2 is 1.17 bits per heavy atom. The quantitative estimate of drug-likeness (QED) is 0.0635. The van der Waals surface area contributed by atoms with Crippen LogP contribution in [-0.4, -0.2) is 175 Å². The van der Waals surface area contributed by atoms with Gasteiger partial charge in [-0.2, -0.15) is 15.3 Å². The normalized spacial score (nSPS) is 20.5. The van der Waals surface area contributed by atoms with E-state index in [0.29, 0.717) is 24.2 Å². The molecule has 4 saturated heterocycles. The Hall–Kier alpha value is -8.13. The molecule has 29 heteroatoms. The van der Waals surface area contributed by atoms with Crippen LogP contribution in [0.2, 0.25) is 0 Å². The average Bonchev–Trinajstić information content (AvgIpc) is 1.73. The standard InChI is InChI=1S/2C22H24N8S2.C22H23N7S2/c1-29-7-2-4-22(12-29)5-8-30(22)21-28-20-19(32-21)27-18(31-20)17-16-14(3-6-23-16)15(11-24-17)13-9-25-26-10-13;1-12-8-14(4-6-23-12)30(3)22-28-21-20(32-22)27-19(31-21)18-17-15(5-7-24-17)16(10-25-18)13-9-26-29(2)11-13;1-12-9-14(5-7-23-12)29(2)22-28-21-20(31-22)27-19(30-21)17-4-3-15(13-10-25-26-11-13)16-6-8-24-18(16)17/h9-11,23H,2-8,12H2,1H3,(H,25,26);5,7,9-12,14,23-24H,4,6,8H2,1-3H3;3-4,6,8,10-12,14,23-24H,5,7,9H2,1-2H3,(H,25,26)/t;2*12-,14-/m.00/s1. The van der Waals surface area contributed by atoms with Crippen LogP contribution in [0.1, 0.15) is 64.4 Å². The minimum absolute atomic E-state index is 0.283. The molecular formula is C66H71N23S6. The zero-order valence-electron chi connectivity index (χ0n) is 53.4. The molecule has 0 bridgehead atoms. The molecule has 4 fully saturated rings. The number of rotatable bonds is 11. The predicted octanol–water partition coefficient (Wildman–Crippen LogP) is 13.0. The monoisotopic (exact) mass is 1380 g/mol. The lowest BCUT2D eigenvalue weighted by atomic mass is 9.78. The fourth-order valence-electron chi connectivity index (χ4n) is 14.6. The van der Waals surface area contributed by atoms with Gasteiger partial charge >= 0.3 is 0 Å². The summed E-state index contributed by atoms with van der Waals surface area (Å²) in [5.41, 5.74) is 14.3. The first-order valence-electron chi connectivity index (χ1n) is 32.4. The van der Waals surface area contributed by atoms with Gasteiger partial charge in [-0.15, -0.1) is 0 Å². The van der Waals surface area contributed by atoms with Crippen molar-refractivity contribution in [3.8, 4) is 65.4 Å². The van der Waals surface area contributed by atoms with Crippen molar-refractivity contribution in [3.63, 3.8) is 0 Å². The maximum absolute atomic E-state index is 5.03. The van der Waals surface area contributed by atoms with Gasteiger partial charge in [0.1, 0.15) is 26.4 Å². The minimum Gasteiger partial charge on any atom is -0.383 e. The molecule has 13 aromatic heterocycles. The van der Waals surface area contributed by atoms with Crippen LogP contribution in [-0.2, 0) is 13.5 Å². The summed E-state index contributed by atoms with van der Waals surface area (Å²) < 4.78 is 1.81. The molecule has 0 radical (unpaired) electrons. The topological polar surface area (TPSA) is 259 Å². The van der Waals surface area contributed by atoms with Crippen molar-refractivity contribution >= 4 is 140 Å². The van der Waals surface area contributed by atoms with Crippen LogP contribution in [0.5, 0.6) is 0 Å². The van der Waals surface area contributed by atoms with Crippen molar-refractivity contribution in [2.45, 2.75) is 94.9 Å². The zero-order chi connectivity index (χ0) is 64.1. The van der Waals surface area contributed by atoms with E-state index in [4.69, 9.17) is 39.9 Å². The van der Waals surface area contributed by atoms with E-state index >= 15 is 0 Å². The summed E-state index contributed by atoms with van der Waals surface area (Å²) in [7, 11) is 8.49. The van der Waals surface area contributed by atoms with Crippen LogP contribution in [0.15, 0.2) is 86.2 Å². The lowest BCUT2D eigenvalue weighted by Gasteiger charge is -2.56. The van der Waals surface area contributed by atoms with Crippen molar-refractivity contribution in [1.29, 1.82) is 0 Å². The second kappa shape index (κ2) is 24.8. The summed E-state index contributed by atoms with van der Waals surface area (Å²) in [5, 5.41) is 37.3. The number of pyridine rings is 2. The van der Waals surface area contributed by atoms with Gasteiger partial charge in [-0.25, -0.2) is 29.9 Å². The van der Waals surface area contributed by atoms with E-state index in [2.05, 4.69) is 130 Å². The predicted molar refractivity (Wildman–Crippen MR) is 390 cm³/mol. The number of likely N-dealkylation sites (tertiary alicyclic amines) is 1. The van der Waals surface area contributed by atoms with E-state index in [0.717, 1.165) is 197 Å². The van der Waals surface area contributed by atoms with Crippen LogP contribution in [0.3, 0.4) is 0 Å². The van der Waals surface area contributed by atoms with Gasteiger partial charge in [0.25, 0.3) is 0 Å². The number of H-pyrrole nitrogens is 4. The van der Waals surface area contributed by atoms with Gasteiger partial charge in [-0.05, 0) is 121 Å². The number of hydrogen-bond donors (Lipinski definition) is 7. The third kappa shape index (κ3) is 11.2. The lowest BCUT2D eigenvalue weighted by molar-refractivity contribution is 0.123. The molecule has 7 N–H and O–H groups in total. The lowest BCUT2D eigenvalue weighted by Crippen LogP contribution is -2.66. The molecule has 5 atom stereocenters. The number of nitrogens with one attached hydrogen (secondary N) is 7. The third-order valence-corrected chi connectivity index (χ3v) is 25.9. The first kappa shape index (κ1) is 60.5. The molecule has 18 heterocycles. The Morgan fingerprint density at radius 3 is 1.79 bits per heavy atom. The Kier molecular flexibility index (Phi) is 15.8. The highest BCUT2D eigenvalue weighted by molar-refractivity contribution is 7.31. The van der Waals surface area contributed by atoms with E-state index in [1.165, 1.54) is 36.8 Å². The molecule has 19 rings (SSSR count). The maximum atomic E-state index is 5.03. The van der Waals surface area contributed by atoms with E-state index in [1.807, 2.05) is 69.0 Å². The van der Waals surface area contributed by atoms with Crippen LogP contribution >= 0.6 is 68.0 Å². The van der Waals surface area contributed by atoms with Gasteiger partial charge in [0.2, 0.25) is 0 Å². The fourth-order valence-corrected chi connectivity index (χ4v) is 20.9. The fraction of sp³-hybridized carbons (Fsp3) is 0.379. The Bertz CT molecular complexity index is 4960. The van der Waals surface area contributed by atoms with Crippen molar-refractivity contribution in [2.75, 3.05) is 80.4 Å². The second-order valence-corrected chi connectivity index (χ2v) is 31.6. The first-order chi connectivity index (χ1) is 46.4. The van der Waals surface area contributed by atoms with Crippen LogP contribution < -0.4 is 30.7 Å². The number of hydrogen-bond acceptors (Lipinski definition) is 24. The Labute approximate surface area is 571 Å². The summed E-state index contributed by atoms with van der Waals surface area (Å²) in [6.45, 7) is 11.0. The summed E-state index contributed by atoms with van der Waals surface area (Å²) in [5.74, 6) is 0. The number of thiazole rings is 6. The van der Waals surface area contributed by atoms with Crippen LogP contribution in [0.25, 0.3) is 116 Å². The average molecular weight is 1380 g/mol. The Morgan fingerprint density at radius 1 is 0.568 bits per heavy atom. The highest BCUT2D eigenvalue weighted by Crippen LogP contribution is 2.48. The number of fused-ring (bicyclic) bond motifs is 6. The molecule has 95 heavy (non-hydrogen) atoms. The molecule has 23 nitrogen and oxygen atoms in total. The number of anilines is 4. The van der Waals surface area contributed by atoms with Gasteiger partial charge in [-0.1, -0.05) is 74.1 Å². The summed E-state index contributed by atoms with van der Waals surface area (Å²) >= 11 is 10.0. The van der Waals surface area contributed by atoms with Gasteiger partial charge in [-0.3, -0.25) is 24.8 Å². The van der Waals surface area contributed by atoms with Gasteiger partial charge in [0, 0.05) is 152 Å². The van der Waals surface area contributed by atoms with Crippen LogP contribution in [0, 0.1) is 0 Å². The van der Waals surface area contributed by atoms with E-state index in [1.54, 1.807) is 72.7 Å². The van der Waals surface area contributed by atoms with Crippen molar-refractivity contribution in [3.05, 3.63) is 91.8 Å². The number of likely N-dealkylation sites (N-methyl/N-ethyl adjacent to an activating group) is 1. The van der Waals surface area contributed by atoms with Crippen LogP contribution in [0.4, 0.5) is 21.1 Å². The summed E-state index contributed by atoms with van der Waals surface area (Å²) in [4.78, 5) is 61.9. The number of aromatic amines is 4.